The maximum absolute atomic E-state index is 9.70. The number of nitrogens with zero attached hydrogens (tertiary/aromatic N) is 4. The van der Waals surface area contributed by atoms with Gasteiger partial charge in [-0.25, -0.2) is 9.98 Å². The van der Waals surface area contributed by atoms with Crippen molar-refractivity contribution in [1.82, 2.24) is 25.4 Å². The molecule has 0 bridgehead atoms. The van der Waals surface area contributed by atoms with E-state index in [4.69, 9.17) is 4.99 Å². The van der Waals surface area contributed by atoms with Crippen LogP contribution in [0.15, 0.2) is 35.6 Å². The van der Waals surface area contributed by atoms with Gasteiger partial charge in [-0.3, -0.25) is 5.10 Å². The summed E-state index contributed by atoms with van der Waals surface area (Å²) in [4.78, 5) is 11.0. The predicted molar refractivity (Wildman–Crippen MR) is 88.8 cm³/mol. The van der Waals surface area contributed by atoms with E-state index in [-0.39, 0.29) is 6.10 Å². The monoisotopic (exact) mass is 314 g/mol. The molecule has 2 aromatic rings. The largest absolute Gasteiger partial charge is 0.391 e. The lowest BCUT2D eigenvalue weighted by molar-refractivity contribution is 0.188. The number of aliphatic imine (C=N–C) groups is 1. The fraction of sp³-hybridized carbons (Fsp3) is 0.438. The molecule has 3 rings (SSSR count). The van der Waals surface area contributed by atoms with Gasteiger partial charge in [-0.1, -0.05) is 18.2 Å². The van der Waals surface area contributed by atoms with Crippen LogP contribution in [-0.2, 0) is 6.54 Å². The summed E-state index contributed by atoms with van der Waals surface area (Å²) >= 11 is 0. The van der Waals surface area contributed by atoms with E-state index >= 15 is 0 Å². The number of hydrogen-bond donors (Lipinski definition) is 3. The van der Waals surface area contributed by atoms with Crippen molar-refractivity contribution in [2.45, 2.75) is 26.0 Å². The maximum atomic E-state index is 9.70. The summed E-state index contributed by atoms with van der Waals surface area (Å²) in [5.41, 5.74) is 2.10. The summed E-state index contributed by atoms with van der Waals surface area (Å²) in [5, 5.41) is 19.7. The van der Waals surface area contributed by atoms with Crippen LogP contribution >= 0.6 is 0 Å². The van der Waals surface area contributed by atoms with Crippen molar-refractivity contribution in [2.24, 2.45) is 4.99 Å². The van der Waals surface area contributed by atoms with E-state index in [1.54, 1.807) is 0 Å². The van der Waals surface area contributed by atoms with Crippen LogP contribution in [0.3, 0.4) is 0 Å². The van der Waals surface area contributed by atoms with E-state index in [0.717, 1.165) is 42.4 Å². The molecule has 122 valence electrons. The van der Waals surface area contributed by atoms with Crippen LogP contribution < -0.4 is 5.32 Å². The number of rotatable bonds is 4. The number of guanidine groups is 1. The van der Waals surface area contributed by atoms with E-state index in [1.165, 1.54) is 6.33 Å². The Bertz CT molecular complexity index is 654. The second kappa shape index (κ2) is 7.23. The number of benzene rings is 1. The van der Waals surface area contributed by atoms with Gasteiger partial charge in [0.15, 0.2) is 11.8 Å². The Labute approximate surface area is 135 Å². The Balaban J connectivity index is 1.73. The van der Waals surface area contributed by atoms with Gasteiger partial charge in [0.05, 0.1) is 12.6 Å². The number of aliphatic hydroxyl groups is 1. The van der Waals surface area contributed by atoms with Crippen molar-refractivity contribution in [1.29, 1.82) is 0 Å². The fourth-order valence-corrected chi connectivity index (χ4v) is 2.69. The Kier molecular flexibility index (Phi) is 4.87. The SMILES string of the molecule is CCNC(=NCc1cccc(-c2ncn[nH]2)c1)N1CC[C@@H](O)C1. The molecule has 1 atom stereocenters. The number of aromatic nitrogens is 3. The van der Waals surface area contributed by atoms with E-state index in [1.807, 2.05) is 25.1 Å². The molecule has 0 amide bonds. The lowest BCUT2D eigenvalue weighted by atomic mass is 10.1. The number of hydrogen-bond acceptors (Lipinski definition) is 4. The molecule has 0 aliphatic carbocycles. The molecule has 1 fully saturated rings. The molecule has 3 N–H and O–H groups in total. The molecule has 1 aromatic carbocycles. The van der Waals surface area contributed by atoms with Gasteiger partial charge in [0.25, 0.3) is 0 Å². The minimum absolute atomic E-state index is 0.256. The molecule has 1 aromatic heterocycles. The molecule has 1 saturated heterocycles. The van der Waals surface area contributed by atoms with E-state index in [0.29, 0.717) is 13.1 Å². The number of aliphatic hydroxyl groups excluding tert-OH is 1. The summed E-state index contributed by atoms with van der Waals surface area (Å²) in [6.07, 6.45) is 2.04. The third kappa shape index (κ3) is 3.87. The topological polar surface area (TPSA) is 89.4 Å². The summed E-state index contributed by atoms with van der Waals surface area (Å²) in [6, 6.07) is 8.10. The van der Waals surface area contributed by atoms with Gasteiger partial charge >= 0.3 is 0 Å². The van der Waals surface area contributed by atoms with Crippen LogP contribution in [0.1, 0.15) is 18.9 Å². The standard InChI is InChI=1S/C16H22N6O/c1-2-17-16(22-7-6-14(23)10-22)18-9-12-4-3-5-13(8-12)15-19-11-20-21-15/h3-5,8,11,14,23H,2,6-7,9-10H2,1H3,(H,17,18)(H,19,20,21)/t14-/m1/s1. The molecule has 7 heteroatoms. The van der Waals surface area contributed by atoms with Crippen LogP contribution in [-0.4, -0.2) is 56.9 Å². The Hall–Kier alpha value is -2.41. The third-order valence-electron chi connectivity index (χ3n) is 3.82. The fourth-order valence-electron chi connectivity index (χ4n) is 2.69. The molecule has 0 radical (unpaired) electrons. The second-order valence-corrected chi connectivity index (χ2v) is 5.59. The lowest BCUT2D eigenvalue weighted by Gasteiger charge is -2.20. The summed E-state index contributed by atoms with van der Waals surface area (Å²) < 4.78 is 0. The first-order valence-corrected chi connectivity index (χ1v) is 7.92. The molecule has 1 aliphatic heterocycles. The average molecular weight is 314 g/mol. The van der Waals surface area contributed by atoms with Gasteiger partial charge < -0.3 is 15.3 Å². The first-order valence-electron chi connectivity index (χ1n) is 7.92. The zero-order chi connectivity index (χ0) is 16.1. The van der Waals surface area contributed by atoms with Gasteiger partial charge in [0.1, 0.15) is 6.33 Å². The van der Waals surface area contributed by atoms with E-state index in [9.17, 15) is 5.11 Å². The first kappa shape index (κ1) is 15.5. The highest BCUT2D eigenvalue weighted by atomic mass is 16.3. The van der Waals surface area contributed by atoms with Crippen molar-refractivity contribution in [3.63, 3.8) is 0 Å². The van der Waals surface area contributed by atoms with E-state index < -0.39 is 0 Å². The zero-order valence-electron chi connectivity index (χ0n) is 13.2. The quantitative estimate of drug-likeness (QED) is 0.579. The van der Waals surface area contributed by atoms with Crippen LogP contribution in [0.4, 0.5) is 0 Å². The third-order valence-corrected chi connectivity index (χ3v) is 3.82. The Morgan fingerprint density at radius 2 is 2.43 bits per heavy atom. The van der Waals surface area contributed by atoms with Gasteiger partial charge in [-0.15, -0.1) is 0 Å². The highest BCUT2D eigenvalue weighted by molar-refractivity contribution is 5.80. The van der Waals surface area contributed by atoms with Crippen LogP contribution in [0.2, 0.25) is 0 Å². The molecule has 23 heavy (non-hydrogen) atoms. The molecule has 0 spiro atoms. The average Bonchev–Trinajstić information content (AvgIpc) is 3.23. The van der Waals surface area contributed by atoms with E-state index in [2.05, 4.69) is 31.5 Å². The summed E-state index contributed by atoms with van der Waals surface area (Å²) in [6.45, 7) is 4.92. The van der Waals surface area contributed by atoms with Gasteiger partial charge in [0.2, 0.25) is 0 Å². The van der Waals surface area contributed by atoms with Gasteiger partial charge in [-0.05, 0) is 25.0 Å². The predicted octanol–water partition coefficient (Wildman–Crippen LogP) is 1.00. The Morgan fingerprint density at radius 1 is 1.52 bits per heavy atom. The number of β-amino-alcohol motifs (C(OH)–C–C–N with tert-alkyl or cyclic N) is 1. The molecule has 2 heterocycles. The molecule has 0 saturated carbocycles. The summed E-state index contributed by atoms with van der Waals surface area (Å²) in [7, 11) is 0. The number of aromatic amines is 1. The van der Waals surface area contributed by atoms with Crippen molar-refractivity contribution < 1.29 is 5.11 Å². The Morgan fingerprint density at radius 3 is 3.13 bits per heavy atom. The maximum Gasteiger partial charge on any atom is 0.194 e. The van der Waals surface area contributed by atoms with Crippen molar-refractivity contribution in [2.75, 3.05) is 19.6 Å². The highest BCUT2D eigenvalue weighted by Crippen LogP contribution is 2.16. The van der Waals surface area contributed by atoms with Gasteiger partial charge in [0, 0.05) is 25.2 Å². The van der Waals surface area contributed by atoms with Crippen molar-refractivity contribution >= 4 is 5.96 Å². The zero-order valence-corrected chi connectivity index (χ0v) is 13.2. The number of nitrogens with one attached hydrogen (secondary N) is 2. The minimum Gasteiger partial charge on any atom is -0.391 e. The normalized spacial score (nSPS) is 18.4. The number of likely N-dealkylation sites (tertiary alicyclic amines) is 1. The molecular weight excluding hydrogens is 292 g/mol. The molecule has 1 aliphatic rings. The van der Waals surface area contributed by atoms with Crippen LogP contribution in [0.25, 0.3) is 11.4 Å². The molecule has 7 nitrogen and oxygen atoms in total. The summed E-state index contributed by atoms with van der Waals surface area (Å²) in [5.74, 6) is 1.61. The molecule has 0 unspecified atom stereocenters. The first-order chi connectivity index (χ1) is 11.3. The van der Waals surface area contributed by atoms with Crippen molar-refractivity contribution in [3.05, 3.63) is 36.2 Å². The second-order valence-electron chi connectivity index (χ2n) is 5.59. The molecular formula is C16H22N6O. The lowest BCUT2D eigenvalue weighted by Crippen LogP contribution is -2.40. The van der Waals surface area contributed by atoms with Crippen LogP contribution in [0, 0.1) is 0 Å². The minimum atomic E-state index is -0.256. The van der Waals surface area contributed by atoms with Crippen LogP contribution in [0.5, 0.6) is 0 Å². The highest BCUT2D eigenvalue weighted by Gasteiger charge is 2.22. The smallest absolute Gasteiger partial charge is 0.194 e. The van der Waals surface area contributed by atoms with Crippen molar-refractivity contribution in [3.8, 4) is 11.4 Å². The van der Waals surface area contributed by atoms with Gasteiger partial charge in [-0.2, -0.15) is 5.10 Å². The number of H-pyrrole nitrogens is 1.